The van der Waals surface area contributed by atoms with Crippen LogP contribution in [0.3, 0.4) is 0 Å². The van der Waals surface area contributed by atoms with Crippen molar-refractivity contribution in [2.45, 2.75) is 79.3 Å². The Morgan fingerprint density at radius 3 is 2.18 bits per heavy atom. The van der Waals surface area contributed by atoms with E-state index in [1.807, 2.05) is 11.1 Å². The molecule has 3 aliphatic carbocycles. The van der Waals surface area contributed by atoms with Crippen LogP contribution in [-0.2, 0) is 0 Å². The summed E-state index contributed by atoms with van der Waals surface area (Å²) in [4.78, 5) is 2.84. The van der Waals surface area contributed by atoms with E-state index < -0.39 is 0 Å². The highest BCUT2D eigenvalue weighted by atomic mass is 15.2. The lowest BCUT2D eigenvalue weighted by Gasteiger charge is -2.61. The molecular formula is C21H35N. The molecule has 4 aliphatic rings. The molecule has 1 spiro atoms. The molecule has 0 aromatic rings. The summed E-state index contributed by atoms with van der Waals surface area (Å²) in [6.07, 6.45) is 5.94. The van der Waals surface area contributed by atoms with Gasteiger partial charge in [0.2, 0.25) is 0 Å². The molecule has 4 rings (SSSR count). The lowest BCUT2D eigenvalue weighted by Crippen LogP contribution is -2.62. The molecule has 124 valence electrons. The Balaban J connectivity index is 1.75. The fraction of sp³-hybridized carbons (Fsp3) is 0.905. The summed E-state index contributed by atoms with van der Waals surface area (Å²) >= 11 is 0. The number of rotatable bonds is 3. The minimum Gasteiger partial charge on any atom is -0.298 e. The first-order valence-electron chi connectivity index (χ1n) is 9.89. The number of hydrogen-bond donors (Lipinski definition) is 0. The van der Waals surface area contributed by atoms with Crippen LogP contribution >= 0.6 is 0 Å². The van der Waals surface area contributed by atoms with Gasteiger partial charge in [0, 0.05) is 17.5 Å². The highest BCUT2D eigenvalue weighted by Crippen LogP contribution is 2.74. The zero-order chi connectivity index (χ0) is 15.8. The molecule has 0 radical (unpaired) electrons. The molecule has 5 atom stereocenters. The number of allylic oxidation sites excluding steroid dienone is 2. The predicted octanol–water partition coefficient (Wildman–Crippen LogP) is 5.12. The van der Waals surface area contributed by atoms with Crippen molar-refractivity contribution < 1.29 is 0 Å². The van der Waals surface area contributed by atoms with E-state index in [2.05, 4.69) is 46.4 Å². The van der Waals surface area contributed by atoms with E-state index in [4.69, 9.17) is 0 Å². The quantitative estimate of drug-likeness (QED) is 0.654. The number of fused-ring (bicyclic) bond motifs is 4. The fourth-order valence-electron chi connectivity index (χ4n) is 6.97. The number of nitrogens with zero attached hydrogens (tertiary/aromatic N) is 1. The fourth-order valence-corrected chi connectivity index (χ4v) is 6.97. The largest absolute Gasteiger partial charge is 0.298 e. The first-order valence-corrected chi connectivity index (χ1v) is 9.89. The van der Waals surface area contributed by atoms with E-state index >= 15 is 0 Å². The third-order valence-corrected chi connectivity index (χ3v) is 7.64. The van der Waals surface area contributed by atoms with Crippen molar-refractivity contribution in [3.05, 3.63) is 11.1 Å². The van der Waals surface area contributed by atoms with Crippen molar-refractivity contribution in [2.75, 3.05) is 6.54 Å². The Hall–Kier alpha value is -0.300. The Labute approximate surface area is 137 Å². The summed E-state index contributed by atoms with van der Waals surface area (Å²) in [7, 11) is 0. The second-order valence-electron chi connectivity index (χ2n) is 9.50. The molecule has 3 fully saturated rings. The van der Waals surface area contributed by atoms with Crippen molar-refractivity contribution in [1.29, 1.82) is 0 Å². The van der Waals surface area contributed by atoms with E-state index in [9.17, 15) is 0 Å². The Bertz CT molecular complexity index is 500. The average molecular weight is 302 g/mol. The van der Waals surface area contributed by atoms with Crippen molar-refractivity contribution in [3.63, 3.8) is 0 Å². The predicted molar refractivity (Wildman–Crippen MR) is 93.7 cm³/mol. The summed E-state index contributed by atoms with van der Waals surface area (Å²) < 4.78 is 0. The lowest BCUT2D eigenvalue weighted by atomic mass is 9.52. The van der Waals surface area contributed by atoms with E-state index in [-0.39, 0.29) is 0 Å². The number of likely N-dealkylation sites (tertiary alicyclic amines) is 1. The smallest absolute Gasteiger partial charge is 0.0135 e. The minimum atomic E-state index is 0.618. The summed E-state index contributed by atoms with van der Waals surface area (Å²) in [5.41, 5.74) is 4.47. The topological polar surface area (TPSA) is 3.24 Å². The van der Waals surface area contributed by atoms with Gasteiger partial charge in [-0.1, -0.05) is 38.8 Å². The lowest BCUT2D eigenvalue weighted by molar-refractivity contribution is -0.0851. The maximum absolute atomic E-state index is 2.84. The van der Waals surface area contributed by atoms with Crippen LogP contribution in [-0.4, -0.2) is 23.5 Å². The van der Waals surface area contributed by atoms with Gasteiger partial charge in [-0.15, -0.1) is 0 Å². The van der Waals surface area contributed by atoms with Crippen LogP contribution < -0.4 is 0 Å². The van der Waals surface area contributed by atoms with Crippen LogP contribution in [0.5, 0.6) is 0 Å². The number of piperidine rings is 1. The first-order chi connectivity index (χ1) is 10.4. The molecule has 0 unspecified atom stereocenters. The average Bonchev–Trinajstić information content (AvgIpc) is 3.11. The molecular weight excluding hydrogens is 266 g/mol. The highest BCUT2D eigenvalue weighted by Gasteiger charge is 2.68. The van der Waals surface area contributed by atoms with Gasteiger partial charge in [-0.3, -0.25) is 4.90 Å². The Morgan fingerprint density at radius 1 is 0.955 bits per heavy atom. The zero-order valence-electron chi connectivity index (χ0n) is 15.5. The molecule has 0 amide bonds. The van der Waals surface area contributed by atoms with Crippen LogP contribution in [0.4, 0.5) is 0 Å². The van der Waals surface area contributed by atoms with Gasteiger partial charge in [-0.05, 0) is 75.7 Å². The molecule has 1 nitrogen and oxygen atoms in total. The maximum Gasteiger partial charge on any atom is 0.0135 e. The monoisotopic (exact) mass is 301 g/mol. The molecule has 0 aromatic heterocycles. The standard InChI is InChI=1S/C21H35N/c1-12(2)19-15-11-17(15)21(20(19)13(3)4)9-10-22(14(5)6)18-8-7-16(18)21/h12-18H,7-11H2,1-6H3/t15-,16-,17+,18+,21+/m0/s1. The van der Waals surface area contributed by atoms with Gasteiger partial charge in [0.25, 0.3) is 0 Å². The molecule has 0 bridgehead atoms. The molecule has 1 heteroatoms. The van der Waals surface area contributed by atoms with Gasteiger partial charge in [-0.25, -0.2) is 0 Å². The van der Waals surface area contributed by atoms with Crippen LogP contribution in [0, 0.1) is 35.0 Å². The second-order valence-corrected chi connectivity index (χ2v) is 9.50. The second kappa shape index (κ2) is 4.85. The number of hydrogen-bond acceptors (Lipinski definition) is 1. The molecule has 1 heterocycles. The SMILES string of the molecule is CC(C)C1=C(C(C)C)[C@@]2(CCN(C(C)C)[C@@H]3CC[C@@H]32)[C@@H]2C[C@H]12. The normalized spacial score (nSPS) is 44.0. The summed E-state index contributed by atoms with van der Waals surface area (Å²) in [5.74, 6) is 4.52. The van der Waals surface area contributed by atoms with Gasteiger partial charge >= 0.3 is 0 Å². The van der Waals surface area contributed by atoms with Crippen LogP contribution in [0.1, 0.15) is 67.2 Å². The minimum absolute atomic E-state index is 0.618. The summed E-state index contributed by atoms with van der Waals surface area (Å²) in [5, 5.41) is 0. The molecule has 0 N–H and O–H groups in total. The van der Waals surface area contributed by atoms with Crippen molar-refractivity contribution in [3.8, 4) is 0 Å². The molecule has 22 heavy (non-hydrogen) atoms. The molecule has 1 aliphatic heterocycles. The van der Waals surface area contributed by atoms with Gasteiger partial charge in [0.1, 0.15) is 0 Å². The van der Waals surface area contributed by atoms with E-state index in [1.54, 1.807) is 0 Å². The van der Waals surface area contributed by atoms with Gasteiger partial charge in [-0.2, -0.15) is 0 Å². The van der Waals surface area contributed by atoms with Gasteiger partial charge < -0.3 is 0 Å². The van der Waals surface area contributed by atoms with Crippen molar-refractivity contribution in [2.24, 2.45) is 35.0 Å². The zero-order valence-corrected chi connectivity index (χ0v) is 15.5. The molecule has 0 aromatic carbocycles. The van der Waals surface area contributed by atoms with Gasteiger partial charge in [0.15, 0.2) is 0 Å². The third kappa shape index (κ3) is 1.75. The maximum atomic E-state index is 2.84. The van der Waals surface area contributed by atoms with E-state index in [1.165, 1.54) is 32.2 Å². The highest BCUT2D eigenvalue weighted by molar-refractivity contribution is 5.43. The van der Waals surface area contributed by atoms with E-state index in [0.29, 0.717) is 5.41 Å². The van der Waals surface area contributed by atoms with E-state index in [0.717, 1.165) is 41.7 Å². The van der Waals surface area contributed by atoms with Crippen molar-refractivity contribution >= 4 is 0 Å². The summed E-state index contributed by atoms with van der Waals surface area (Å²) in [6, 6.07) is 1.63. The summed E-state index contributed by atoms with van der Waals surface area (Å²) in [6.45, 7) is 16.0. The molecule has 2 saturated carbocycles. The first kappa shape index (κ1) is 15.2. The van der Waals surface area contributed by atoms with Crippen LogP contribution in [0.2, 0.25) is 0 Å². The van der Waals surface area contributed by atoms with Crippen LogP contribution in [0.25, 0.3) is 0 Å². The van der Waals surface area contributed by atoms with Crippen molar-refractivity contribution in [1.82, 2.24) is 4.90 Å². The Kier molecular flexibility index (Phi) is 3.36. The third-order valence-electron chi connectivity index (χ3n) is 7.64. The van der Waals surface area contributed by atoms with Crippen LogP contribution in [0.15, 0.2) is 11.1 Å². The molecule has 1 saturated heterocycles. The van der Waals surface area contributed by atoms with Gasteiger partial charge in [0.05, 0.1) is 0 Å². The Morgan fingerprint density at radius 2 is 1.68 bits per heavy atom.